The van der Waals surface area contributed by atoms with Gasteiger partial charge < -0.3 is 34.3 Å². The highest BCUT2D eigenvalue weighted by atomic mass is 32.1. The minimum Gasteiger partial charge on any atom is -0.497 e. The van der Waals surface area contributed by atoms with Gasteiger partial charge in [0.25, 0.3) is 0 Å². The van der Waals surface area contributed by atoms with E-state index in [1.54, 1.807) is 66.6 Å². The number of ether oxygens (including phenoxy) is 3. The molecule has 2 aliphatic rings. The maximum atomic E-state index is 13.7. The molecule has 1 aliphatic heterocycles. The van der Waals surface area contributed by atoms with Gasteiger partial charge in [-0.15, -0.1) is 24.5 Å². The van der Waals surface area contributed by atoms with Gasteiger partial charge in [0, 0.05) is 48.5 Å². The Morgan fingerprint density at radius 2 is 1.82 bits per heavy atom. The predicted molar refractivity (Wildman–Crippen MR) is 225 cm³/mol. The number of amides is 3. The van der Waals surface area contributed by atoms with Crippen LogP contribution in [0, 0.1) is 5.92 Å². The number of esters is 1. The van der Waals surface area contributed by atoms with Crippen molar-refractivity contribution in [3.63, 3.8) is 0 Å². The van der Waals surface area contributed by atoms with Crippen molar-refractivity contribution in [2.75, 3.05) is 33.9 Å². The molecule has 4 aromatic rings. The molecule has 2 aromatic heterocycles. The van der Waals surface area contributed by atoms with E-state index in [2.05, 4.69) is 42.3 Å². The molecule has 1 saturated heterocycles. The van der Waals surface area contributed by atoms with E-state index in [0.717, 1.165) is 64.7 Å². The minimum absolute atomic E-state index is 0.0114. The first kappa shape index (κ1) is 42.7. The lowest BCUT2D eigenvalue weighted by molar-refractivity contribution is -0.149. The molecule has 3 amide bonds. The number of methoxy groups -OCH3 is 2. The van der Waals surface area contributed by atoms with Gasteiger partial charge >= 0.3 is 12.0 Å². The summed E-state index contributed by atoms with van der Waals surface area (Å²) in [6, 6.07) is 13.9. The maximum absolute atomic E-state index is 13.7. The van der Waals surface area contributed by atoms with Crippen LogP contribution in [0.25, 0.3) is 21.6 Å². The van der Waals surface area contributed by atoms with Gasteiger partial charge in [0.1, 0.15) is 28.1 Å². The first-order chi connectivity index (χ1) is 27.5. The van der Waals surface area contributed by atoms with E-state index in [9.17, 15) is 19.2 Å². The smallest absolute Gasteiger partial charge is 0.332 e. The molecule has 2 N–H and O–H groups in total. The van der Waals surface area contributed by atoms with Crippen LogP contribution in [0.15, 0.2) is 84.0 Å². The molecule has 3 heterocycles. The van der Waals surface area contributed by atoms with Gasteiger partial charge in [0.2, 0.25) is 5.91 Å². The number of likely N-dealkylation sites (tertiary alicyclic amines) is 1. The lowest BCUT2D eigenvalue weighted by atomic mass is 10.1. The Morgan fingerprint density at radius 3 is 2.46 bits per heavy atom. The molecule has 1 saturated carbocycles. The Kier molecular flexibility index (Phi) is 14.7. The summed E-state index contributed by atoms with van der Waals surface area (Å²) < 4.78 is 15.7. The summed E-state index contributed by atoms with van der Waals surface area (Å²) in [4.78, 5) is 63.2. The number of pyridine rings is 1. The number of aromatic nitrogens is 2. The van der Waals surface area contributed by atoms with E-state index < -0.39 is 17.6 Å². The normalized spacial score (nSPS) is 18.3. The average Bonchev–Trinajstić information content (AvgIpc) is 3.52. The molecule has 2 aromatic carbocycles. The van der Waals surface area contributed by atoms with Crippen molar-refractivity contribution in [3.05, 3.63) is 101 Å². The fraction of sp³-hybridized carbons (Fsp3) is 0.432. The molecule has 6 rings (SSSR count). The van der Waals surface area contributed by atoms with Crippen LogP contribution in [0.4, 0.5) is 4.79 Å². The molecule has 1 aliphatic carbocycles. The number of nitrogens with one attached hydrogen (secondary N) is 2. The molecule has 57 heavy (non-hydrogen) atoms. The number of urea groups is 1. The summed E-state index contributed by atoms with van der Waals surface area (Å²) in [5, 5.41) is 6.44. The zero-order valence-electron chi connectivity index (χ0n) is 33.7. The van der Waals surface area contributed by atoms with Crippen molar-refractivity contribution in [1.29, 1.82) is 0 Å². The molecule has 3 atom stereocenters. The molecular formula is C44H55N5O7S. The van der Waals surface area contributed by atoms with Gasteiger partial charge in [-0.3, -0.25) is 9.59 Å². The van der Waals surface area contributed by atoms with Crippen LogP contribution in [0.5, 0.6) is 11.5 Å². The number of rotatable bonds is 16. The Labute approximate surface area is 338 Å². The van der Waals surface area contributed by atoms with Gasteiger partial charge in [0.15, 0.2) is 5.43 Å². The van der Waals surface area contributed by atoms with Crippen LogP contribution in [0.2, 0.25) is 0 Å². The maximum Gasteiger partial charge on any atom is 0.332 e. The van der Waals surface area contributed by atoms with Gasteiger partial charge in [-0.25, -0.2) is 14.6 Å². The van der Waals surface area contributed by atoms with E-state index in [1.807, 2.05) is 41.8 Å². The fourth-order valence-electron chi connectivity index (χ4n) is 6.95. The van der Waals surface area contributed by atoms with Gasteiger partial charge in [-0.2, -0.15) is 0 Å². The van der Waals surface area contributed by atoms with E-state index in [4.69, 9.17) is 14.2 Å². The number of benzene rings is 2. The molecule has 13 heteroatoms. The number of carbonyl (C=O) groups excluding carboxylic acids is 3. The second-order valence-corrected chi connectivity index (χ2v) is 15.5. The van der Waals surface area contributed by atoms with Gasteiger partial charge in [-0.1, -0.05) is 38.1 Å². The Bertz CT molecular complexity index is 2090. The van der Waals surface area contributed by atoms with Crippen LogP contribution in [0.1, 0.15) is 76.5 Å². The van der Waals surface area contributed by atoms with E-state index in [0.29, 0.717) is 43.8 Å². The third kappa shape index (κ3) is 10.3. The Morgan fingerprint density at radius 1 is 1.09 bits per heavy atom. The molecule has 304 valence electrons. The molecule has 0 radical (unpaired) electrons. The summed E-state index contributed by atoms with van der Waals surface area (Å²) in [6.45, 7) is 15.3. The lowest BCUT2D eigenvalue weighted by Crippen LogP contribution is -2.55. The first-order valence-corrected chi connectivity index (χ1v) is 20.4. The largest absolute Gasteiger partial charge is 0.497 e. The van der Waals surface area contributed by atoms with Crippen LogP contribution >= 0.6 is 11.3 Å². The quantitative estimate of drug-likeness (QED) is 0.0664. The highest BCUT2D eigenvalue weighted by molar-refractivity contribution is 7.13. The summed E-state index contributed by atoms with van der Waals surface area (Å²) in [5.41, 5.74) is 2.46. The zero-order chi connectivity index (χ0) is 41.1. The number of thiazole rings is 1. The van der Waals surface area contributed by atoms with Crippen molar-refractivity contribution in [2.45, 2.75) is 83.3 Å². The molecule has 12 nitrogen and oxygen atoms in total. The number of aromatic amines is 1. The van der Waals surface area contributed by atoms with E-state index in [-0.39, 0.29) is 29.9 Å². The number of fused-ring (bicyclic) bond motifs is 1. The van der Waals surface area contributed by atoms with Crippen LogP contribution < -0.4 is 20.2 Å². The second-order valence-electron chi connectivity index (χ2n) is 14.6. The zero-order valence-corrected chi connectivity index (χ0v) is 34.5. The fourth-order valence-corrected chi connectivity index (χ4v) is 7.90. The van der Waals surface area contributed by atoms with E-state index >= 15 is 0 Å². The highest BCUT2D eigenvalue weighted by Crippen LogP contribution is 2.45. The number of hydrogen-bond donors (Lipinski definition) is 2. The SMILES string of the molecule is C=CCCCCN(Cc1ccc(OC)cc1)C(=O)N1CCC[C@H]1C(=O)N[C@]1(C(=O)OCC)C[C@H]1C=C.COc1ccc2c(=O)cc(-c3nc(C(C)C)cs3)[nH]c2c1. The number of carbonyl (C=O) groups is 3. The van der Waals surface area contributed by atoms with Crippen molar-refractivity contribution >= 4 is 40.1 Å². The Balaban J connectivity index is 0.000000249. The summed E-state index contributed by atoms with van der Waals surface area (Å²) >= 11 is 1.55. The summed E-state index contributed by atoms with van der Waals surface area (Å²) in [5.74, 6) is 0.936. The van der Waals surface area contributed by atoms with Gasteiger partial charge in [0.05, 0.1) is 37.7 Å². The second kappa shape index (κ2) is 19.6. The average molecular weight is 798 g/mol. The highest BCUT2D eigenvalue weighted by Gasteiger charge is 2.61. The molecular weight excluding hydrogens is 743 g/mol. The number of unbranched alkanes of at least 4 members (excludes halogenated alkanes) is 2. The first-order valence-electron chi connectivity index (χ1n) is 19.6. The third-order valence-corrected chi connectivity index (χ3v) is 11.3. The lowest BCUT2D eigenvalue weighted by Gasteiger charge is -2.32. The van der Waals surface area contributed by atoms with Gasteiger partial charge in [-0.05, 0) is 81.2 Å². The molecule has 0 bridgehead atoms. The monoisotopic (exact) mass is 797 g/mol. The van der Waals surface area contributed by atoms with Crippen LogP contribution in [0.3, 0.4) is 0 Å². The molecule has 0 spiro atoms. The number of nitrogens with zero attached hydrogens (tertiary/aromatic N) is 3. The number of H-pyrrole nitrogens is 1. The third-order valence-electron chi connectivity index (χ3n) is 10.4. The van der Waals surface area contributed by atoms with Crippen molar-refractivity contribution < 1.29 is 28.6 Å². The van der Waals surface area contributed by atoms with Crippen LogP contribution in [-0.2, 0) is 20.9 Å². The van der Waals surface area contributed by atoms with Crippen molar-refractivity contribution in [2.24, 2.45) is 5.92 Å². The van der Waals surface area contributed by atoms with E-state index in [1.165, 1.54) is 0 Å². The van der Waals surface area contributed by atoms with Crippen LogP contribution in [-0.4, -0.2) is 83.2 Å². The van der Waals surface area contributed by atoms with Crippen molar-refractivity contribution in [1.82, 2.24) is 25.1 Å². The molecule has 0 unspecified atom stereocenters. The standard InChI is InChI=1S/C28H39N3O5.C16H16N2O2S/c1-5-8-9-10-17-30(20-21-13-15-23(35-4)16-14-21)27(34)31-18-11-12-24(31)25(32)29-28(19-22(28)6-2)26(33)36-7-3;1-9(2)14-8-21-16(18-14)13-7-15(19)11-5-4-10(20-3)6-12(11)17-13/h5-6,13-16,22,24H,1-2,7-12,17-20H2,3-4H3,(H,29,32);4-9H,1-3H3,(H,17,19)/t22-,24+,28-;/m1./s1. The topological polar surface area (TPSA) is 143 Å². The summed E-state index contributed by atoms with van der Waals surface area (Å²) in [6.07, 6.45) is 7.97. The molecule has 2 fully saturated rings. The Hall–Kier alpha value is -5.43. The number of allylic oxidation sites excluding steroid dienone is 1. The minimum atomic E-state index is -1.07. The number of hydrogen-bond acceptors (Lipinski definition) is 9. The van der Waals surface area contributed by atoms with Crippen molar-refractivity contribution in [3.8, 4) is 22.2 Å². The predicted octanol–water partition coefficient (Wildman–Crippen LogP) is 7.85. The summed E-state index contributed by atoms with van der Waals surface area (Å²) in [7, 11) is 3.23.